The van der Waals surface area contributed by atoms with Crippen molar-refractivity contribution in [2.45, 2.75) is 18.7 Å². The summed E-state index contributed by atoms with van der Waals surface area (Å²) in [4.78, 5) is 14.3. The largest absolute Gasteiger partial charge is 0.484 e. The molecule has 0 unspecified atom stereocenters. The van der Waals surface area contributed by atoms with Crippen molar-refractivity contribution in [3.8, 4) is 5.75 Å². The molecule has 8 nitrogen and oxygen atoms in total. The molecule has 1 fully saturated rings. The molecule has 1 saturated heterocycles. The molecule has 0 aromatic heterocycles. The molecule has 9 heteroatoms. The maximum absolute atomic E-state index is 12.6. The van der Waals surface area contributed by atoms with Gasteiger partial charge >= 0.3 is 0 Å². The lowest BCUT2D eigenvalue weighted by Gasteiger charge is -2.26. The number of morpholine rings is 1. The standard InChI is InChI=1S/C22H29N3O5S/c1-17-3-4-19(15-18(17)2)24-31(27,28)21-7-5-20(6-8-21)30-16-22(26)23-9-10-25-11-13-29-14-12-25/h3-8,15,24H,9-14,16H2,1-2H3,(H,23,26). The van der Waals surface area contributed by atoms with E-state index in [9.17, 15) is 13.2 Å². The smallest absolute Gasteiger partial charge is 0.261 e. The summed E-state index contributed by atoms with van der Waals surface area (Å²) in [5.74, 6) is 0.204. The number of sulfonamides is 1. The number of ether oxygens (including phenoxy) is 2. The van der Waals surface area contributed by atoms with Gasteiger partial charge in [-0.05, 0) is 61.4 Å². The van der Waals surface area contributed by atoms with E-state index in [0.717, 1.165) is 44.0 Å². The van der Waals surface area contributed by atoms with Crippen LogP contribution < -0.4 is 14.8 Å². The molecule has 3 rings (SSSR count). The van der Waals surface area contributed by atoms with E-state index >= 15 is 0 Å². The Kier molecular flexibility index (Phi) is 7.89. The van der Waals surface area contributed by atoms with Crippen molar-refractivity contribution in [1.82, 2.24) is 10.2 Å². The lowest BCUT2D eigenvalue weighted by molar-refractivity contribution is -0.123. The number of aryl methyl sites for hydroxylation is 2. The minimum absolute atomic E-state index is 0.119. The van der Waals surface area contributed by atoms with Crippen LogP contribution in [0.1, 0.15) is 11.1 Å². The third-order valence-corrected chi connectivity index (χ3v) is 6.51. The molecule has 2 aromatic carbocycles. The summed E-state index contributed by atoms with van der Waals surface area (Å²) in [5.41, 5.74) is 2.61. The molecule has 2 aromatic rings. The first-order valence-corrected chi connectivity index (χ1v) is 11.7. The summed E-state index contributed by atoms with van der Waals surface area (Å²) in [7, 11) is -3.71. The highest BCUT2D eigenvalue weighted by molar-refractivity contribution is 7.92. The molecule has 2 N–H and O–H groups in total. The van der Waals surface area contributed by atoms with E-state index < -0.39 is 10.0 Å². The van der Waals surface area contributed by atoms with Crippen LogP contribution in [0.15, 0.2) is 47.4 Å². The number of benzene rings is 2. The quantitative estimate of drug-likeness (QED) is 0.610. The first-order valence-electron chi connectivity index (χ1n) is 10.2. The molecule has 0 atom stereocenters. The van der Waals surface area contributed by atoms with Crippen LogP contribution in [0.25, 0.3) is 0 Å². The zero-order valence-corrected chi connectivity index (χ0v) is 18.7. The van der Waals surface area contributed by atoms with Crippen molar-refractivity contribution in [1.29, 1.82) is 0 Å². The predicted octanol–water partition coefficient (Wildman–Crippen LogP) is 1.93. The molecule has 1 aliphatic rings. The Morgan fingerprint density at radius 3 is 2.45 bits per heavy atom. The van der Waals surface area contributed by atoms with Crippen LogP contribution in [0.2, 0.25) is 0 Å². The van der Waals surface area contributed by atoms with Crippen LogP contribution in [0.3, 0.4) is 0 Å². The SMILES string of the molecule is Cc1ccc(NS(=O)(=O)c2ccc(OCC(=O)NCCN3CCOCC3)cc2)cc1C. The van der Waals surface area contributed by atoms with Gasteiger partial charge in [-0.2, -0.15) is 0 Å². The predicted molar refractivity (Wildman–Crippen MR) is 119 cm³/mol. The third kappa shape index (κ3) is 6.95. The molecule has 0 aliphatic carbocycles. The number of nitrogens with zero attached hydrogens (tertiary/aromatic N) is 1. The zero-order chi connectivity index (χ0) is 22.3. The summed E-state index contributed by atoms with van der Waals surface area (Å²) < 4.78 is 38.5. The van der Waals surface area contributed by atoms with E-state index in [1.807, 2.05) is 19.9 Å². The lowest BCUT2D eigenvalue weighted by atomic mass is 10.1. The van der Waals surface area contributed by atoms with Gasteiger partial charge in [0.15, 0.2) is 6.61 Å². The Bertz CT molecular complexity index is 987. The number of anilines is 1. The second kappa shape index (κ2) is 10.6. The van der Waals surface area contributed by atoms with Crippen molar-refractivity contribution >= 4 is 21.6 Å². The van der Waals surface area contributed by atoms with E-state index in [2.05, 4.69) is 14.9 Å². The van der Waals surface area contributed by atoms with Crippen LogP contribution in [-0.2, 0) is 19.6 Å². The molecule has 0 radical (unpaired) electrons. The fraction of sp³-hybridized carbons (Fsp3) is 0.409. The van der Waals surface area contributed by atoms with Gasteiger partial charge in [0.2, 0.25) is 0 Å². The Balaban J connectivity index is 1.46. The van der Waals surface area contributed by atoms with Crippen molar-refractivity contribution in [2.75, 3.05) is 50.7 Å². The van der Waals surface area contributed by atoms with E-state index in [1.54, 1.807) is 12.1 Å². The number of carbonyl (C=O) groups excluding carboxylic acids is 1. The van der Waals surface area contributed by atoms with Gasteiger partial charge in [0.1, 0.15) is 5.75 Å². The lowest BCUT2D eigenvalue weighted by Crippen LogP contribution is -2.42. The van der Waals surface area contributed by atoms with Crippen LogP contribution in [0, 0.1) is 13.8 Å². The van der Waals surface area contributed by atoms with Gasteiger partial charge in [0.25, 0.3) is 15.9 Å². The Morgan fingerprint density at radius 2 is 1.77 bits per heavy atom. The van der Waals surface area contributed by atoms with Gasteiger partial charge in [-0.3, -0.25) is 14.4 Å². The molecular formula is C22H29N3O5S. The minimum atomic E-state index is -3.71. The van der Waals surface area contributed by atoms with Crippen molar-refractivity contribution in [3.63, 3.8) is 0 Å². The minimum Gasteiger partial charge on any atom is -0.484 e. The molecule has 0 saturated carbocycles. The third-order valence-electron chi connectivity index (χ3n) is 5.12. The zero-order valence-electron chi connectivity index (χ0n) is 17.9. The van der Waals surface area contributed by atoms with E-state index in [-0.39, 0.29) is 17.4 Å². The number of hydrogen-bond donors (Lipinski definition) is 2. The summed E-state index contributed by atoms with van der Waals surface area (Å²) in [5, 5.41) is 2.82. The topological polar surface area (TPSA) is 97.0 Å². The maximum atomic E-state index is 12.6. The Morgan fingerprint density at radius 1 is 1.06 bits per heavy atom. The molecule has 1 heterocycles. The second-order valence-electron chi connectivity index (χ2n) is 7.47. The average molecular weight is 448 g/mol. The van der Waals surface area contributed by atoms with Gasteiger partial charge in [0, 0.05) is 31.9 Å². The highest BCUT2D eigenvalue weighted by Crippen LogP contribution is 2.21. The highest BCUT2D eigenvalue weighted by atomic mass is 32.2. The van der Waals surface area contributed by atoms with Crippen molar-refractivity contribution in [3.05, 3.63) is 53.6 Å². The van der Waals surface area contributed by atoms with Crippen LogP contribution >= 0.6 is 0 Å². The number of nitrogens with one attached hydrogen (secondary N) is 2. The van der Waals surface area contributed by atoms with Crippen molar-refractivity contribution in [2.24, 2.45) is 0 Å². The molecule has 0 bridgehead atoms. The van der Waals surface area contributed by atoms with Crippen LogP contribution in [-0.4, -0.2) is 65.2 Å². The van der Waals surface area contributed by atoms with Crippen LogP contribution in [0.5, 0.6) is 5.75 Å². The molecule has 168 valence electrons. The monoisotopic (exact) mass is 447 g/mol. The van der Waals surface area contributed by atoms with E-state index in [0.29, 0.717) is 18.0 Å². The first-order chi connectivity index (χ1) is 14.8. The Hall–Kier alpha value is -2.62. The van der Waals surface area contributed by atoms with Gasteiger partial charge in [-0.25, -0.2) is 8.42 Å². The molecule has 31 heavy (non-hydrogen) atoms. The second-order valence-corrected chi connectivity index (χ2v) is 9.15. The van der Waals surface area contributed by atoms with Gasteiger partial charge in [-0.1, -0.05) is 6.07 Å². The highest BCUT2D eigenvalue weighted by Gasteiger charge is 2.15. The molecule has 0 spiro atoms. The summed E-state index contributed by atoms with van der Waals surface area (Å²) in [6, 6.07) is 11.4. The molecule has 1 amide bonds. The van der Waals surface area contributed by atoms with Gasteiger partial charge < -0.3 is 14.8 Å². The molecule has 1 aliphatic heterocycles. The number of carbonyl (C=O) groups is 1. The summed E-state index contributed by atoms with van der Waals surface area (Å²) >= 11 is 0. The number of hydrogen-bond acceptors (Lipinski definition) is 6. The van der Waals surface area contributed by atoms with Crippen LogP contribution in [0.4, 0.5) is 5.69 Å². The van der Waals surface area contributed by atoms with Gasteiger partial charge in [0.05, 0.1) is 18.1 Å². The van der Waals surface area contributed by atoms with Gasteiger partial charge in [-0.15, -0.1) is 0 Å². The fourth-order valence-electron chi connectivity index (χ4n) is 3.11. The summed E-state index contributed by atoms with van der Waals surface area (Å²) in [6.45, 7) is 8.29. The number of amides is 1. The fourth-order valence-corrected chi connectivity index (χ4v) is 4.16. The molecular weight excluding hydrogens is 418 g/mol. The first kappa shape index (κ1) is 23.1. The van der Waals surface area contributed by atoms with Crippen molar-refractivity contribution < 1.29 is 22.7 Å². The normalized spacial score (nSPS) is 14.8. The van der Waals surface area contributed by atoms with E-state index in [4.69, 9.17) is 9.47 Å². The summed E-state index contributed by atoms with van der Waals surface area (Å²) in [6.07, 6.45) is 0. The number of rotatable bonds is 9. The Labute approximate surface area is 183 Å². The average Bonchev–Trinajstić information content (AvgIpc) is 2.76. The van der Waals surface area contributed by atoms with E-state index in [1.165, 1.54) is 24.3 Å². The maximum Gasteiger partial charge on any atom is 0.261 e.